The number of carbonyl (C=O) groups excluding carboxylic acids is 1. The largest absolute Gasteiger partial charge is 0.492 e. The molecule has 182 valence electrons. The summed E-state index contributed by atoms with van der Waals surface area (Å²) >= 11 is 8.18. The lowest BCUT2D eigenvalue weighted by Gasteiger charge is -2.17. The average Bonchev–Trinajstić information content (AvgIpc) is 3.14. The molecule has 2 aromatic heterocycles. The van der Waals surface area contributed by atoms with E-state index >= 15 is 0 Å². The van der Waals surface area contributed by atoms with Crippen LogP contribution in [0.1, 0.15) is 33.3 Å². The predicted octanol–water partition coefficient (Wildman–Crippen LogP) is 6.38. The fraction of sp³-hybridized carbons (Fsp3) is 0.308. The van der Waals surface area contributed by atoms with Crippen LogP contribution in [0.4, 0.5) is 0 Å². The second kappa shape index (κ2) is 10.1. The third-order valence-corrected chi connectivity index (χ3v) is 7.73. The first kappa shape index (κ1) is 25.3. The third kappa shape index (κ3) is 5.12. The van der Waals surface area contributed by atoms with Crippen LogP contribution in [0, 0.1) is 16.3 Å². The number of hydrogen-bond donors (Lipinski definition) is 0. The maximum atomic E-state index is 13.8. The lowest BCUT2D eigenvalue weighted by atomic mass is 9.92. The smallest absolute Gasteiger partial charge is 0.278 e. The van der Waals surface area contributed by atoms with Crippen molar-refractivity contribution in [3.63, 3.8) is 0 Å². The molecule has 0 radical (unpaired) electrons. The Balaban J connectivity index is 1.97. The van der Waals surface area contributed by atoms with E-state index in [1.54, 1.807) is 9.13 Å². The molecule has 4 aromatic rings. The Hall–Kier alpha value is -2.75. The minimum Gasteiger partial charge on any atom is -0.492 e. The maximum absolute atomic E-state index is 13.8. The second-order valence-electron chi connectivity index (χ2n) is 9.09. The molecule has 0 aliphatic carbocycles. The van der Waals surface area contributed by atoms with Gasteiger partial charge in [-0.2, -0.15) is 0 Å². The number of aryl methyl sites for hydroxylation is 1. The summed E-state index contributed by atoms with van der Waals surface area (Å²) in [5.41, 5.74) is 2.27. The van der Waals surface area contributed by atoms with Crippen molar-refractivity contribution >= 4 is 51.4 Å². The van der Waals surface area contributed by atoms with Crippen LogP contribution in [0.2, 0.25) is 0 Å². The van der Waals surface area contributed by atoms with E-state index in [0.29, 0.717) is 37.5 Å². The summed E-state index contributed by atoms with van der Waals surface area (Å²) < 4.78 is 10.1. The molecule has 6 nitrogen and oxygen atoms in total. The molecule has 2 heterocycles. The lowest BCUT2D eigenvalue weighted by molar-refractivity contribution is -0.123. The molecule has 9 heteroatoms. The van der Waals surface area contributed by atoms with Gasteiger partial charge in [0.25, 0.3) is 5.56 Å². The van der Waals surface area contributed by atoms with Crippen molar-refractivity contribution in [2.45, 2.75) is 39.8 Å². The van der Waals surface area contributed by atoms with Gasteiger partial charge in [-0.05, 0) is 50.3 Å². The van der Waals surface area contributed by atoms with E-state index in [0.717, 1.165) is 11.3 Å². The molecule has 0 fully saturated rings. The lowest BCUT2D eigenvalue weighted by Crippen LogP contribution is -2.24. The summed E-state index contributed by atoms with van der Waals surface area (Å²) in [6, 6.07) is 15.2. The van der Waals surface area contributed by atoms with E-state index in [2.05, 4.69) is 0 Å². The van der Waals surface area contributed by atoms with Crippen LogP contribution in [-0.2, 0) is 4.79 Å². The van der Waals surface area contributed by atoms with Gasteiger partial charge in [0.1, 0.15) is 16.2 Å². The fourth-order valence-corrected chi connectivity index (χ4v) is 5.89. The van der Waals surface area contributed by atoms with Crippen molar-refractivity contribution in [2.75, 3.05) is 12.4 Å². The zero-order valence-electron chi connectivity index (χ0n) is 20.3. The van der Waals surface area contributed by atoms with Crippen molar-refractivity contribution in [1.82, 2.24) is 14.1 Å². The number of thioether (sulfide) groups is 1. The quantitative estimate of drug-likeness (QED) is 0.158. The Labute approximate surface area is 217 Å². The molecule has 0 aliphatic heterocycles. The summed E-state index contributed by atoms with van der Waals surface area (Å²) in [6.45, 7) is 10.1. The first-order chi connectivity index (χ1) is 16.6. The zero-order valence-corrected chi connectivity index (χ0v) is 22.8. The Morgan fingerprint density at radius 1 is 1.11 bits per heavy atom. The number of aromatic nitrogens is 3. The fourth-order valence-electron chi connectivity index (χ4n) is 3.43. The highest BCUT2D eigenvalue weighted by atomic mass is 32.2. The Kier molecular flexibility index (Phi) is 7.30. The number of ether oxygens (including phenoxy) is 1. The molecule has 4 rings (SSSR count). The highest BCUT2D eigenvalue weighted by molar-refractivity contribution is 7.99. The standard InChI is InChI=1S/C26H27N3O3S3/c1-6-32-19-10-8-7-9-18(19)29-22-21(35-25(29)33)23(31)28(17-13-11-16(2)12-14-17)24(27-22)34-15-20(30)26(3,4)5/h7-14H,6,15H2,1-5H3. The molecule has 35 heavy (non-hydrogen) atoms. The number of nitrogens with zero attached hydrogens (tertiary/aromatic N) is 3. The maximum Gasteiger partial charge on any atom is 0.278 e. The topological polar surface area (TPSA) is 66.1 Å². The van der Waals surface area contributed by atoms with Crippen molar-refractivity contribution < 1.29 is 9.53 Å². The van der Waals surface area contributed by atoms with Crippen molar-refractivity contribution in [3.05, 3.63) is 68.4 Å². The number of carbonyl (C=O) groups is 1. The van der Waals surface area contributed by atoms with Crippen LogP contribution in [0.15, 0.2) is 58.5 Å². The van der Waals surface area contributed by atoms with Gasteiger partial charge in [0.2, 0.25) is 0 Å². The number of fused-ring (bicyclic) bond motifs is 1. The molecule has 0 spiro atoms. The minimum atomic E-state index is -0.488. The third-order valence-electron chi connectivity index (χ3n) is 5.44. The van der Waals surface area contributed by atoms with Gasteiger partial charge in [0.05, 0.1) is 23.7 Å². The van der Waals surface area contributed by atoms with Crippen LogP contribution in [0.5, 0.6) is 5.75 Å². The predicted molar refractivity (Wildman–Crippen MR) is 146 cm³/mol. The molecule has 0 aliphatic rings. The molecule has 0 saturated heterocycles. The molecular weight excluding hydrogens is 499 g/mol. The Bertz CT molecular complexity index is 1510. The zero-order chi connectivity index (χ0) is 25.3. The molecular formula is C26H27N3O3S3. The number of para-hydroxylation sites is 2. The number of thiazole rings is 1. The van der Waals surface area contributed by atoms with Crippen LogP contribution in [-0.4, -0.2) is 32.3 Å². The van der Waals surface area contributed by atoms with Gasteiger partial charge >= 0.3 is 0 Å². The monoisotopic (exact) mass is 525 g/mol. The molecule has 2 aromatic carbocycles. The van der Waals surface area contributed by atoms with Crippen LogP contribution in [0.3, 0.4) is 0 Å². The number of benzene rings is 2. The Morgan fingerprint density at radius 3 is 2.46 bits per heavy atom. The summed E-state index contributed by atoms with van der Waals surface area (Å²) in [6.07, 6.45) is 0. The average molecular weight is 526 g/mol. The summed E-state index contributed by atoms with van der Waals surface area (Å²) in [5.74, 6) is 0.942. The van der Waals surface area contributed by atoms with Gasteiger partial charge in [0, 0.05) is 5.41 Å². The first-order valence-electron chi connectivity index (χ1n) is 11.3. The number of Topliss-reactive ketones (excluding diaryl/α,β-unsaturated/α-hetero) is 1. The molecule has 0 atom stereocenters. The number of ketones is 1. The normalized spacial score (nSPS) is 11.7. The van der Waals surface area contributed by atoms with Crippen molar-refractivity contribution in [2.24, 2.45) is 5.41 Å². The van der Waals surface area contributed by atoms with Gasteiger partial charge < -0.3 is 4.74 Å². The molecule has 0 saturated carbocycles. The van der Waals surface area contributed by atoms with E-state index in [4.69, 9.17) is 21.9 Å². The molecule has 0 N–H and O–H groups in total. The molecule has 0 amide bonds. The van der Waals surface area contributed by atoms with Gasteiger partial charge in [-0.25, -0.2) is 4.98 Å². The van der Waals surface area contributed by atoms with E-state index in [-0.39, 0.29) is 17.1 Å². The summed E-state index contributed by atoms with van der Waals surface area (Å²) in [7, 11) is 0. The van der Waals surface area contributed by atoms with Crippen LogP contribution < -0.4 is 10.3 Å². The van der Waals surface area contributed by atoms with Crippen LogP contribution in [0.25, 0.3) is 21.7 Å². The Morgan fingerprint density at radius 2 is 1.80 bits per heavy atom. The highest BCUT2D eigenvalue weighted by Gasteiger charge is 2.24. The van der Waals surface area contributed by atoms with E-state index in [9.17, 15) is 9.59 Å². The summed E-state index contributed by atoms with van der Waals surface area (Å²) in [4.78, 5) is 31.5. The number of hydrogen-bond acceptors (Lipinski definition) is 7. The second-order valence-corrected chi connectivity index (χ2v) is 11.7. The van der Waals surface area contributed by atoms with Crippen molar-refractivity contribution in [3.8, 4) is 17.1 Å². The van der Waals surface area contributed by atoms with Gasteiger partial charge in [-0.1, -0.05) is 73.7 Å². The van der Waals surface area contributed by atoms with Gasteiger partial charge in [0.15, 0.2) is 14.8 Å². The van der Waals surface area contributed by atoms with E-state index < -0.39 is 5.41 Å². The SMILES string of the molecule is CCOc1ccccc1-n1c(=S)sc2c(=O)n(-c3ccc(C)cc3)c(SCC(=O)C(C)(C)C)nc21. The minimum absolute atomic E-state index is 0.0798. The number of rotatable bonds is 7. The highest BCUT2D eigenvalue weighted by Crippen LogP contribution is 2.32. The molecule has 0 bridgehead atoms. The molecule has 0 unspecified atom stereocenters. The first-order valence-corrected chi connectivity index (χ1v) is 13.5. The van der Waals surface area contributed by atoms with Crippen molar-refractivity contribution in [1.29, 1.82) is 0 Å². The van der Waals surface area contributed by atoms with Gasteiger partial charge in [-0.15, -0.1) is 0 Å². The van der Waals surface area contributed by atoms with E-state index in [1.807, 2.05) is 83.1 Å². The summed E-state index contributed by atoms with van der Waals surface area (Å²) in [5, 5.41) is 0.444. The van der Waals surface area contributed by atoms with Gasteiger partial charge in [-0.3, -0.25) is 18.7 Å². The van der Waals surface area contributed by atoms with Crippen LogP contribution >= 0.6 is 35.3 Å². The van der Waals surface area contributed by atoms with E-state index in [1.165, 1.54) is 23.1 Å².